The number of rotatable bonds is 6. The first-order valence-corrected chi connectivity index (χ1v) is 8.25. The lowest BCUT2D eigenvalue weighted by atomic mass is 10.3. The maximum absolute atomic E-state index is 12.1. The van der Waals surface area contributed by atoms with Gasteiger partial charge in [0.1, 0.15) is 5.75 Å². The van der Waals surface area contributed by atoms with Gasteiger partial charge in [-0.2, -0.15) is 0 Å². The Morgan fingerprint density at radius 1 is 1.24 bits per heavy atom. The van der Waals surface area contributed by atoms with E-state index in [-0.39, 0.29) is 11.3 Å². The Morgan fingerprint density at radius 3 is 2.48 bits per heavy atom. The molecule has 0 fully saturated rings. The molecule has 1 aromatic carbocycles. The smallest absolute Gasteiger partial charge is 0.410 e. The van der Waals surface area contributed by atoms with E-state index >= 15 is 0 Å². The Labute approximate surface area is 130 Å². The molecule has 116 valence electrons. The van der Waals surface area contributed by atoms with Crippen LogP contribution in [-0.4, -0.2) is 35.6 Å². The fourth-order valence-corrected chi connectivity index (χ4v) is 2.03. The minimum Gasteiger partial charge on any atom is -0.410 e. The van der Waals surface area contributed by atoms with E-state index < -0.39 is 0 Å². The number of amides is 2. The molecule has 1 N–H and O–H groups in total. The first kappa shape index (κ1) is 17.4. The van der Waals surface area contributed by atoms with Crippen molar-refractivity contribution in [3.05, 3.63) is 24.3 Å². The predicted octanol–water partition coefficient (Wildman–Crippen LogP) is 4.20. The molecule has 6 heteroatoms. The number of nitrogens with zero attached hydrogens (tertiary/aromatic N) is 1. The second-order valence-corrected chi connectivity index (χ2v) is 5.28. The third-order valence-electron chi connectivity index (χ3n) is 2.72. The third-order valence-corrected chi connectivity index (χ3v) is 3.19. The molecule has 0 saturated carbocycles. The highest BCUT2D eigenvalue weighted by Crippen LogP contribution is 2.19. The Balaban J connectivity index is 2.70. The summed E-state index contributed by atoms with van der Waals surface area (Å²) in [6.07, 6.45) is 3.12. The van der Waals surface area contributed by atoms with Gasteiger partial charge in [-0.3, -0.25) is 4.79 Å². The van der Waals surface area contributed by atoms with Crippen LogP contribution in [0.1, 0.15) is 26.7 Å². The molecule has 2 amide bonds. The molecule has 0 radical (unpaired) electrons. The van der Waals surface area contributed by atoms with E-state index in [1.807, 2.05) is 13.8 Å². The molecule has 0 aliphatic carbocycles. The molecule has 0 spiro atoms. The van der Waals surface area contributed by atoms with Gasteiger partial charge < -0.3 is 15.0 Å². The molecule has 21 heavy (non-hydrogen) atoms. The molecule has 5 nitrogen and oxygen atoms in total. The van der Waals surface area contributed by atoms with Gasteiger partial charge in [-0.05, 0) is 31.2 Å². The van der Waals surface area contributed by atoms with Crippen molar-refractivity contribution in [1.29, 1.82) is 0 Å². The van der Waals surface area contributed by atoms with Gasteiger partial charge in [0.05, 0.1) is 0 Å². The quantitative estimate of drug-likeness (QED) is 0.855. The van der Waals surface area contributed by atoms with Crippen molar-refractivity contribution in [3.8, 4) is 5.75 Å². The van der Waals surface area contributed by atoms with Crippen LogP contribution < -0.4 is 10.1 Å². The summed E-state index contributed by atoms with van der Waals surface area (Å²) in [5.41, 5.74) is 0.609. The molecule has 0 aliphatic heterocycles. The Kier molecular flexibility index (Phi) is 7.68. The van der Waals surface area contributed by atoms with Gasteiger partial charge in [0, 0.05) is 24.8 Å². The van der Waals surface area contributed by atoms with Crippen molar-refractivity contribution >= 4 is 28.8 Å². The average molecular weight is 310 g/mol. The van der Waals surface area contributed by atoms with Crippen LogP contribution >= 0.6 is 11.8 Å². The maximum Gasteiger partial charge on any atom is 0.415 e. The maximum atomic E-state index is 12.1. The number of carbonyl (C=O) groups is 2. The summed E-state index contributed by atoms with van der Waals surface area (Å²) < 4.78 is 5.37. The van der Waals surface area contributed by atoms with Gasteiger partial charge in [0.15, 0.2) is 0 Å². The topological polar surface area (TPSA) is 58.6 Å². The molecule has 1 aromatic rings. The number of hydrogen-bond acceptors (Lipinski definition) is 4. The van der Waals surface area contributed by atoms with E-state index in [0.29, 0.717) is 24.5 Å². The summed E-state index contributed by atoms with van der Waals surface area (Å²) in [6.45, 7) is 5.40. The number of carbonyl (C=O) groups excluding carboxylic acids is 2. The molecule has 0 saturated heterocycles. The van der Waals surface area contributed by atoms with Crippen LogP contribution in [0.5, 0.6) is 5.75 Å². The summed E-state index contributed by atoms with van der Waals surface area (Å²) in [4.78, 5) is 25.1. The molecule has 0 bridgehead atoms. The standard InChI is InChI=1S/C15H22N2O3S/c1-4-9-17(10-5-2)15(19)20-13-8-6-7-12(11-13)16-14(18)21-3/h6-8,11H,4-5,9-10H2,1-3H3,(H,16,18). The lowest BCUT2D eigenvalue weighted by Gasteiger charge is -2.20. The molecule has 0 atom stereocenters. The van der Waals surface area contributed by atoms with Crippen molar-refractivity contribution in [1.82, 2.24) is 4.90 Å². The first-order chi connectivity index (χ1) is 10.1. The Bertz CT molecular complexity index is 474. The first-order valence-electron chi connectivity index (χ1n) is 7.02. The normalized spacial score (nSPS) is 10.0. The van der Waals surface area contributed by atoms with Crippen molar-refractivity contribution in [2.45, 2.75) is 26.7 Å². The van der Waals surface area contributed by atoms with Crippen molar-refractivity contribution in [2.24, 2.45) is 0 Å². The van der Waals surface area contributed by atoms with Gasteiger partial charge in [0.2, 0.25) is 0 Å². The molecule has 0 aliphatic rings. The van der Waals surface area contributed by atoms with Crippen molar-refractivity contribution in [2.75, 3.05) is 24.7 Å². The monoisotopic (exact) mass is 310 g/mol. The minimum absolute atomic E-state index is 0.155. The minimum atomic E-state index is -0.355. The largest absolute Gasteiger partial charge is 0.415 e. The van der Waals surface area contributed by atoms with Crippen LogP contribution in [0.3, 0.4) is 0 Å². The lowest BCUT2D eigenvalue weighted by molar-refractivity contribution is 0.152. The zero-order chi connectivity index (χ0) is 15.7. The van der Waals surface area contributed by atoms with Crippen LogP contribution in [-0.2, 0) is 0 Å². The number of anilines is 1. The summed E-state index contributed by atoms with van der Waals surface area (Å²) in [7, 11) is 0. The van der Waals surface area contributed by atoms with Crippen molar-refractivity contribution < 1.29 is 14.3 Å². The van der Waals surface area contributed by atoms with Crippen LogP contribution in [0, 0.1) is 0 Å². The van der Waals surface area contributed by atoms with Crippen LogP contribution in [0.2, 0.25) is 0 Å². The summed E-state index contributed by atoms with van der Waals surface area (Å²) in [6, 6.07) is 6.83. The molecular formula is C15H22N2O3S. The van der Waals surface area contributed by atoms with E-state index in [4.69, 9.17) is 4.74 Å². The van der Waals surface area contributed by atoms with Gasteiger partial charge in [0.25, 0.3) is 5.24 Å². The Hall–Kier alpha value is -1.69. The van der Waals surface area contributed by atoms with E-state index in [1.165, 1.54) is 0 Å². The predicted molar refractivity (Wildman–Crippen MR) is 87.2 cm³/mol. The fraction of sp³-hybridized carbons (Fsp3) is 0.467. The summed E-state index contributed by atoms with van der Waals surface area (Å²) in [5, 5.41) is 2.55. The number of benzene rings is 1. The highest BCUT2D eigenvalue weighted by Gasteiger charge is 2.14. The highest BCUT2D eigenvalue weighted by molar-refractivity contribution is 8.13. The third kappa shape index (κ3) is 6.08. The molecule has 1 rings (SSSR count). The lowest BCUT2D eigenvalue weighted by Crippen LogP contribution is -2.34. The molecular weight excluding hydrogens is 288 g/mol. The number of thioether (sulfide) groups is 1. The highest BCUT2D eigenvalue weighted by atomic mass is 32.2. The van der Waals surface area contributed by atoms with Crippen LogP contribution in [0.15, 0.2) is 24.3 Å². The summed E-state index contributed by atoms with van der Waals surface area (Å²) in [5.74, 6) is 0.427. The SMILES string of the molecule is CCCN(CCC)C(=O)Oc1cccc(NC(=O)SC)c1. The van der Waals surface area contributed by atoms with E-state index in [1.54, 1.807) is 35.4 Å². The molecule has 0 aromatic heterocycles. The van der Waals surface area contributed by atoms with Crippen molar-refractivity contribution in [3.63, 3.8) is 0 Å². The second-order valence-electron chi connectivity index (χ2n) is 4.50. The Morgan fingerprint density at radius 2 is 1.90 bits per heavy atom. The van der Waals surface area contributed by atoms with Gasteiger partial charge in [-0.1, -0.05) is 31.7 Å². The molecule has 0 heterocycles. The number of ether oxygens (including phenoxy) is 1. The van der Waals surface area contributed by atoms with E-state index in [0.717, 1.165) is 24.6 Å². The summed E-state index contributed by atoms with van der Waals surface area (Å²) >= 11 is 1.09. The van der Waals surface area contributed by atoms with E-state index in [9.17, 15) is 9.59 Å². The zero-order valence-corrected chi connectivity index (χ0v) is 13.5. The zero-order valence-electron chi connectivity index (χ0n) is 12.7. The van der Waals surface area contributed by atoms with Gasteiger partial charge in [-0.25, -0.2) is 4.79 Å². The fourth-order valence-electron chi connectivity index (χ4n) is 1.81. The molecule has 0 unspecified atom stereocenters. The van der Waals surface area contributed by atoms with E-state index in [2.05, 4.69) is 5.32 Å². The van der Waals surface area contributed by atoms with Gasteiger partial charge in [-0.15, -0.1) is 0 Å². The van der Waals surface area contributed by atoms with Crippen LogP contribution in [0.25, 0.3) is 0 Å². The number of hydrogen-bond donors (Lipinski definition) is 1. The second kappa shape index (κ2) is 9.28. The van der Waals surface area contributed by atoms with Gasteiger partial charge >= 0.3 is 6.09 Å². The average Bonchev–Trinajstić information content (AvgIpc) is 2.47. The van der Waals surface area contributed by atoms with Crippen LogP contribution in [0.4, 0.5) is 15.3 Å². The number of nitrogens with one attached hydrogen (secondary N) is 1.